The van der Waals surface area contributed by atoms with Gasteiger partial charge in [-0.1, -0.05) is 50.2 Å². The van der Waals surface area contributed by atoms with E-state index in [4.69, 9.17) is 0 Å². The fourth-order valence-corrected chi connectivity index (χ4v) is 4.20. The maximum Gasteiger partial charge on any atom is 0.263 e. The molecule has 0 saturated carbocycles. The van der Waals surface area contributed by atoms with Gasteiger partial charge in [0.25, 0.3) is 5.56 Å². The van der Waals surface area contributed by atoms with Gasteiger partial charge in [-0.05, 0) is 48.9 Å². The maximum absolute atomic E-state index is 13.8. The fourth-order valence-electron chi connectivity index (χ4n) is 4.20. The smallest absolute Gasteiger partial charge is 0.263 e. The molecule has 0 aliphatic rings. The summed E-state index contributed by atoms with van der Waals surface area (Å²) in [6, 6.07) is 14.1. The van der Waals surface area contributed by atoms with Crippen molar-refractivity contribution in [1.29, 1.82) is 0 Å². The summed E-state index contributed by atoms with van der Waals surface area (Å²) in [5.74, 6) is 0.646. The zero-order chi connectivity index (χ0) is 23.5. The van der Waals surface area contributed by atoms with Crippen molar-refractivity contribution in [2.75, 3.05) is 5.32 Å². The second-order valence-electron chi connectivity index (χ2n) is 7.73. The van der Waals surface area contributed by atoms with Crippen LogP contribution < -0.4 is 10.9 Å². The van der Waals surface area contributed by atoms with Gasteiger partial charge < -0.3 is 10.3 Å². The first-order chi connectivity index (χ1) is 16.0. The number of aromatic amines is 1. The average molecular weight is 441 g/mol. The lowest BCUT2D eigenvalue weighted by molar-refractivity contribution is 0.877. The minimum atomic E-state index is -0.0147. The van der Waals surface area contributed by atoms with E-state index in [2.05, 4.69) is 31.3 Å². The predicted octanol–water partition coefficient (Wildman–Crippen LogP) is 5.22. The van der Waals surface area contributed by atoms with Crippen LogP contribution in [-0.2, 0) is 6.54 Å². The quantitative estimate of drug-likeness (QED) is 0.400. The van der Waals surface area contributed by atoms with Crippen molar-refractivity contribution < 1.29 is 0 Å². The van der Waals surface area contributed by atoms with Gasteiger partial charge in [0.2, 0.25) is 0 Å². The molecule has 0 amide bonds. The number of anilines is 1. The van der Waals surface area contributed by atoms with Gasteiger partial charge in [-0.3, -0.25) is 9.36 Å². The number of rotatable bonds is 4. The summed E-state index contributed by atoms with van der Waals surface area (Å²) in [6.45, 7) is 10.5. The highest BCUT2D eigenvalue weighted by molar-refractivity contribution is 5.86. The summed E-state index contributed by atoms with van der Waals surface area (Å²) in [5, 5.41) is 5.04. The molecule has 5 rings (SSSR count). The van der Waals surface area contributed by atoms with Crippen LogP contribution in [0.4, 0.5) is 5.82 Å². The number of hydrogen-bond acceptors (Lipinski definition) is 5. The van der Waals surface area contributed by atoms with Crippen LogP contribution in [0.1, 0.15) is 36.2 Å². The number of aromatic nitrogens is 5. The number of nitrogens with one attached hydrogen (secondary N) is 2. The number of aryl methyl sites for hydroxylation is 3. The number of H-pyrrole nitrogens is 1. The Morgan fingerprint density at radius 1 is 0.939 bits per heavy atom. The number of imidazole rings is 1. The predicted molar refractivity (Wildman–Crippen MR) is 134 cm³/mol. The van der Waals surface area contributed by atoms with Crippen molar-refractivity contribution in [2.24, 2.45) is 0 Å². The van der Waals surface area contributed by atoms with E-state index in [0.717, 1.165) is 44.4 Å². The van der Waals surface area contributed by atoms with Gasteiger partial charge in [0.15, 0.2) is 11.5 Å². The summed E-state index contributed by atoms with van der Waals surface area (Å²) in [6.07, 6.45) is 3.07. The van der Waals surface area contributed by atoms with Crippen molar-refractivity contribution in [3.8, 4) is 5.69 Å². The molecular formula is C26H28N6O. The zero-order valence-corrected chi connectivity index (χ0v) is 19.6. The van der Waals surface area contributed by atoms with Gasteiger partial charge >= 0.3 is 0 Å². The number of pyridine rings is 1. The molecule has 0 fully saturated rings. The molecule has 168 valence electrons. The van der Waals surface area contributed by atoms with Gasteiger partial charge in [-0.2, -0.15) is 0 Å². The van der Waals surface area contributed by atoms with Gasteiger partial charge in [-0.15, -0.1) is 0 Å². The Kier molecular flexibility index (Phi) is 6.22. The van der Waals surface area contributed by atoms with Crippen LogP contribution in [0.3, 0.4) is 0 Å². The molecule has 33 heavy (non-hydrogen) atoms. The Bertz CT molecular complexity index is 1480. The highest BCUT2D eigenvalue weighted by atomic mass is 16.1. The summed E-state index contributed by atoms with van der Waals surface area (Å²) < 4.78 is 1.83. The van der Waals surface area contributed by atoms with Crippen molar-refractivity contribution in [2.45, 2.75) is 41.2 Å². The van der Waals surface area contributed by atoms with Crippen LogP contribution in [0, 0.1) is 20.8 Å². The molecule has 3 heterocycles. The molecule has 7 heteroatoms. The standard InChI is InChI=1S/C24H22N6O.C2H6/c1-14-6-5-9-17-10-18(11-25-22-20-23(27-12-26-20)29-13-28-22)30(24(31)19(14)17)21-15(2)7-4-8-16(21)3;1-2/h4-10,12-13H,11H2,1-3H3,(H2,25,26,27,28,29);1-2H3. The monoisotopic (exact) mass is 440 g/mol. The molecule has 2 N–H and O–H groups in total. The number of hydrogen-bond donors (Lipinski definition) is 2. The van der Waals surface area contributed by atoms with E-state index >= 15 is 0 Å². The first kappa shape index (κ1) is 22.2. The molecule has 3 aromatic heterocycles. The number of benzene rings is 2. The molecule has 0 unspecified atom stereocenters. The third kappa shape index (κ3) is 3.98. The largest absolute Gasteiger partial charge is 0.363 e. The van der Waals surface area contributed by atoms with E-state index in [1.54, 1.807) is 6.33 Å². The molecule has 7 nitrogen and oxygen atoms in total. The van der Waals surface area contributed by atoms with E-state index in [1.165, 1.54) is 6.33 Å². The molecule has 0 aliphatic heterocycles. The Hall–Kier alpha value is -4.00. The van der Waals surface area contributed by atoms with Crippen LogP contribution in [-0.4, -0.2) is 24.5 Å². The summed E-state index contributed by atoms with van der Waals surface area (Å²) in [7, 11) is 0. The van der Waals surface area contributed by atoms with Crippen LogP contribution in [0.2, 0.25) is 0 Å². The van der Waals surface area contributed by atoms with Gasteiger partial charge in [0.05, 0.1) is 23.9 Å². The normalized spacial score (nSPS) is 10.8. The lowest BCUT2D eigenvalue weighted by atomic mass is 10.0. The molecule has 0 radical (unpaired) electrons. The maximum atomic E-state index is 13.8. The first-order valence-corrected chi connectivity index (χ1v) is 11.1. The van der Waals surface area contributed by atoms with Gasteiger partial charge in [0, 0.05) is 5.69 Å². The molecule has 5 aromatic rings. The molecule has 0 bridgehead atoms. The number of fused-ring (bicyclic) bond motifs is 2. The highest BCUT2D eigenvalue weighted by Gasteiger charge is 2.16. The lowest BCUT2D eigenvalue weighted by Gasteiger charge is -2.19. The second kappa shape index (κ2) is 9.24. The Morgan fingerprint density at radius 2 is 1.64 bits per heavy atom. The Balaban J connectivity index is 0.00000126. The van der Waals surface area contributed by atoms with E-state index in [9.17, 15) is 4.79 Å². The fraction of sp³-hybridized carbons (Fsp3) is 0.231. The second-order valence-corrected chi connectivity index (χ2v) is 7.73. The zero-order valence-electron chi connectivity index (χ0n) is 19.6. The van der Waals surface area contributed by atoms with Gasteiger partial charge in [-0.25, -0.2) is 15.0 Å². The number of para-hydroxylation sites is 1. The Labute approximate surface area is 192 Å². The minimum absolute atomic E-state index is 0.0147. The Morgan fingerprint density at radius 3 is 2.39 bits per heavy atom. The van der Waals surface area contributed by atoms with Crippen LogP contribution in [0.5, 0.6) is 0 Å². The molecular weight excluding hydrogens is 412 g/mol. The SMILES string of the molecule is CC.Cc1cccc(C)c1-n1c(CNc2ncnc3nc[nH]c23)cc2cccc(C)c2c1=O. The van der Waals surface area contributed by atoms with E-state index in [-0.39, 0.29) is 5.56 Å². The third-order valence-electron chi connectivity index (χ3n) is 5.65. The van der Waals surface area contributed by atoms with Gasteiger partial charge in [0.1, 0.15) is 11.8 Å². The van der Waals surface area contributed by atoms with E-state index in [1.807, 2.05) is 75.6 Å². The average Bonchev–Trinajstić information content (AvgIpc) is 3.30. The minimum Gasteiger partial charge on any atom is -0.363 e. The van der Waals surface area contributed by atoms with Crippen molar-refractivity contribution in [3.05, 3.63) is 87.9 Å². The van der Waals surface area contributed by atoms with E-state index in [0.29, 0.717) is 18.0 Å². The van der Waals surface area contributed by atoms with Crippen LogP contribution >= 0.6 is 0 Å². The van der Waals surface area contributed by atoms with Crippen molar-refractivity contribution in [1.82, 2.24) is 24.5 Å². The summed E-state index contributed by atoms with van der Waals surface area (Å²) in [4.78, 5) is 29.5. The lowest BCUT2D eigenvalue weighted by Crippen LogP contribution is -2.25. The molecule has 0 spiro atoms. The summed E-state index contributed by atoms with van der Waals surface area (Å²) in [5.41, 5.74) is 6.16. The summed E-state index contributed by atoms with van der Waals surface area (Å²) >= 11 is 0. The molecule has 0 aliphatic carbocycles. The topological polar surface area (TPSA) is 88.5 Å². The van der Waals surface area contributed by atoms with Crippen LogP contribution in [0.25, 0.3) is 27.6 Å². The molecule has 2 aromatic carbocycles. The van der Waals surface area contributed by atoms with Crippen molar-refractivity contribution >= 4 is 27.8 Å². The molecule has 0 atom stereocenters. The molecule has 0 saturated heterocycles. The third-order valence-corrected chi connectivity index (χ3v) is 5.65. The van der Waals surface area contributed by atoms with Crippen molar-refractivity contribution in [3.63, 3.8) is 0 Å². The van der Waals surface area contributed by atoms with Crippen LogP contribution in [0.15, 0.2) is 59.9 Å². The first-order valence-electron chi connectivity index (χ1n) is 11.1. The number of nitrogens with zero attached hydrogens (tertiary/aromatic N) is 4. The van der Waals surface area contributed by atoms with E-state index < -0.39 is 0 Å². The highest BCUT2D eigenvalue weighted by Crippen LogP contribution is 2.24.